The number of nitrogen functional groups attached to an aromatic ring is 1. The minimum atomic E-state index is 0.000790. The number of aryl methyl sites for hydroxylation is 1. The molecule has 1 aromatic carbocycles. The molecule has 0 heterocycles. The van der Waals surface area contributed by atoms with Crippen molar-refractivity contribution in [2.45, 2.75) is 20.3 Å². The van der Waals surface area contributed by atoms with Crippen LogP contribution in [0.3, 0.4) is 0 Å². The molecule has 0 aliphatic heterocycles. The number of Topliss-reactive ketones (excluding diaryl/α,β-unsaturated/α-hetero) is 1. The van der Waals surface area contributed by atoms with Crippen LogP contribution in [0.2, 0.25) is 0 Å². The summed E-state index contributed by atoms with van der Waals surface area (Å²) in [6, 6.07) is 3.64. The van der Waals surface area contributed by atoms with Crippen molar-refractivity contribution in [3.05, 3.63) is 27.7 Å². The number of carbonyl (C=O) groups excluding carboxylic acids is 1. The van der Waals surface area contributed by atoms with Crippen LogP contribution in [0.5, 0.6) is 0 Å². The number of carbonyl (C=O) groups is 1. The van der Waals surface area contributed by atoms with E-state index in [0.29, 0.717) is 11.3 Å². The van der Waals surface area contributed by atoms with E-state index in [0.717, 1.165) is 16.5 Å². The lowest BCUT2D eigenvalue weighted by Crippen LogP contribution is -2.01. The lowest BCUT2D eigenvalue weighted by Gasteiger charge is -2.06. The molecule has 0 unspecified atom stereocenters. The number of halogens is 1. The topological polar surface area (TPSA) is 43.1 Å². The molecular formula is C10H12BrNO. The molecule has 0 bridgehead atoms. The van der Waals surface area contributed by atoms with Gasteiger partial charge in [-0.15, -0.1) is 0 Å². The maximum absolute atomic E-state index is 11.1. The van der Waals surface area contributed by atoms with Crippen LogP contribution >= 0.6 is 15.9 Å². The van der Waals surface area contributed by atoms with E-state index in [4.69, 9.17) is 5.73 Å². The van der Waals surface area contributed by atoms with Crippen LogP contribution in [0.15, 0.2) is 16.6 Å². The molecule has 3 heteroatoms. The summed E-state index contributed by atoms with van der Waals surface area (Å²) in [4.78, 5) is 11.1. The predicted octanol–water partition coefficient (Wildman–Crippen LogP) is 2.80. The molecule has 1 rings (SSSR count). The van der Waals surface area contributed by atoms with Crippen molar-refractivity contribution in [1.82, 2.24) is 0 Å². The normalized spacial score (nSPS) is 10.1. The van der Waals surface area contributed by atoms with Gasteiger partial charge in [-0.1, -0.05) is 22.9 Å². The van der Waals surface area contributed by atoms with Crippen molar-refractivity contribution in [3.63, 3.8) is 0 Å². The molecule has 0 saturated carbocycles. The van der Waals surface area contributed by atoms with Gasteiger partial charge >= 0.3 is 0 Å². The van der Waals surface area contributed by atoms with Gasteiger partial charge in [0.05, 0.1) is 0 Å². The minimum Gasteiger partial charge on any atom is -0.398 e. The van der Waals surface area contributed by atoms with Gasteiger partial charge in [-0.2, -0.15) is 0 Å². The van der Waals surface area contributed by atoms with E-state index in [9.17, 15) is 4.79 Å². The summed E-state index contributed by atoms with van der Waals surface area (Å²) in [5, 5.41) is 0. The first kappa shape index (κ1) is 10.3. The molecule has 0 aliphatic rings. The number of ketones is 1. The number of hydrogen-bond acceptors (Lipinski definition) is 2. The zero-order valence-electron chi connectivity index (χ0n) is 7.73. The van der Waals surface area contributed by atoms with Crippen molar-refractivity contribution < 1.29 is 4.79 Å². The SMILES string of the molecule is CCc1cc(N)c(C(C)=O)cc1Br. The van der Waals surface area contributed by atoms with E-state index < -0.39 is 0 Å². The standard InChI is InChI=1S/C10H12BrNO/c1-3-7-4-10(12)8(6(2)13)5-9(7)11/h4-5H,3,12H2,1-2H3. The Morgan fingerprint density at radius 3 is 2.62 bits per heavy atom. The lowest BCUT2D eigenvalue weighted by atomic mass is 10.1. The highest BCUT2D eigenvalue weighted by molar-refractivity contribution is 9.10. The van der Waals surface area contributed by atoms with Crippen LogP contribution in [0.25, 0.3) is 0 Å². The maximum atomic E-state index is 11.1. The zero-order chi connectivity index (χ0) is 10.0. The van der Waals surface area contributed by atoms with Gasteiger partial charge in [-0.05, 0) is 31.0 Å². The van der Waals surface area contributed by atoms with Gasteiger partial charge < -0.3 is 5.73 Å². The molecule has 0 spiro atoms. The Labute approximate surface area is 86.3 Å². The molecule has 2 N–H and O–H groups in total. The molecule has 13 heavy (non-hydrogen) atoms. The monoisotopic (exact) mass is 241 g/mol. The highest BCUT2D eigenvalue weighted by atomic mass is 79.9. The number of benzene rings is 1. The molecule has 2 nitrogen and oxygen atoms in total. The summed E-state index contributed by atoms with van der Waals surface area (Å²) in [7, 11) is 0. The first-order valence-corrected chi connectivity index (χ1v) is 4.94. The third-order valence-electron chi connectivity index (χ3n) is 1.98. The number of hydrogen-bond donors (Lipinski definition) is 1. The number of rotatable bonds is 2. The van der Waals surface area contributed by atoms with Gasteiger partial charge in [-0.25, -0.2) is 0 Å². The Hall–Kier alpha value is -0.830. The van der Waals surface area contributed by atoms with Crippen LogP contribution in [-0.4, -0.2) is 5.78 Å². The average molecular weight is 242 g/mol. The fraction of sp³-hybridized carbons (Fsp3) is 0.300. The Morgan fingerprint density at radius 2 is 2.15 bits per heavy atom. The van der Waals surface area contributed by atoms with Gasteiger partial charge in [0, 0.05) is 15.7 Å². The molecule has 0 aromatic heterocycles. The highest BCUT2D eigenvalue weighted by Gasteiger charge is 2.08. The summed E-state index contributed by atoms with van der Waals surface area (Å²) >= 11 is 3.40. The van der Waals surface area contributed by atoms with Gasteiger partial charge in [0.1, 0.15) is 0 Å². The van der Waals surface area contributed by atoms with Crippen LogP contribution in [0, 0.1) is 0 Å². The van der Waals surface area contributed by atoms with E-state index >= 15 is 0 Å². The summed E-state index contributed by atoms with van der Waals surface area (Å²) in [6.07, 6.45) is 0.906. The second-order valence-corrected chi connectivity index (χ2v) is 3.79. The molecule has 0 saturated heterocycles. The molecule has 0 radical (unpaired) electrons. The van der Waals surface area contributed by atoms with E-state index in [1.54, 1.807) is 6.07 Å². The third-order valence-corrected chi connectivity index (χ3v) is 2.72. The maximum Gasteiger partial charge on any atom is 0.161 e. The molecular weight excluding hydrogens is 230 g/mol. The van der Waals surface area contributed by atoms with Gasteiger partial charge in [0.25, 0.3) is 0 Å². The molecule has 0 atom stereocenters. The highest BCUT2D eigenvalue weighted by Crippen LogP contribution is 2.24. The molecule has 0 aliphatic carbocycles. The smallest absolute Gasteiger partial charge is 0.161 e. The first-order chi connectivity index (χ1) is 6.06. The van der Waals surface area contributed by atoms with Crippen LogP contribution in [0.4, 0.5) is 5.69 Å². The Kier molecular flexibility index (Phi) is 3.09. The Bertz CT molecular complexity index is 347. The summed E-state index contributed by atoms with van der Waals surface area (Å²) in [5.74, 6) is 0.000790. The van der Waals surface area contributed by atoms with Gasteiger partial charge in [0.2, 0.25) is 0 Å². The molecule has 1 aromatic rings. The lowest BCUT2D eigenvalue weighted by molar-refractivity contribution is 0.101. The van der Waals surface area contributed by atoms with Gasteiger partial charge in [0.15, 0.2) is 5.78 Å². The molecule has 0 fully saturated rings. The van der Waals surface area contributed by atoms with Crippen molar-refractivity contribution >= 4 is 27.4 Å². The molecule has 0 amide bonds. The Balaban J connectivity index is 3.28. The van der Waals surface area contributed by atoms with Crippen LogP contribution in [-0.2, 0) is 6.42 Å². The van der Waals surface area contributed by atoms with E-state index in [-0.39, 0.29) is 5.78 Å². The average Bonchev–Trinajstić information content (AvgIpc) is 2.07. The minimum absolute atomic E-state index is 0.000790. The largest absolute Gasteiger partial charge is 0.398 e. The second kappa shape index (κ2) is 3.92. The fourth-order valence-electron chi connectivity index (χ4n) is 1.21. The molecule has 70 valence electrons. The Morgan fingerprint density at radius 1 is 1.54 bits per heavy atom. The van der Waals surface area contributed by atoms with Crippen molar-refractivity contribution in [2.75, 3.05) is 5.73 Å². The summed E-state index contributed by atoms with van der Waals surface area (Å²) in [6.45, 7) is 3.57. The summed E-state index contributed by atoms with van der Waals surface area (Å²) in [5.41, 5.74) is 8.00. The van der Waals surface area contributed by atoms with Crippen LogP contribution in [0.1, 0.15) is 29.8 Å². The van der Waals surface area contributed by atoms with Crippen molar-refractivity contribution in [2.24, 2.45) is 0 Å². The first-order valence-electron chi connectivity index (χ1n) is 4.15. The quantitative estimate of drug-likeness (QED) is 0.640. The zero-order valence-corrected chi connectivity index (χ0v) is 9.31. The summed E-state index contributed by atoms with van der Waals surface area (Å²) < 4.78 is 0.953. The van der Waals surface area contributed by atoms with E-state index in [1.165, 1.54) is 6.92 Å². The number of nitrogens with two attached hydrogens (primary N) is 1. The van der Waals surface area contributed by atoms with Gasteiger partial charge in [-0.3, -0.25) is 4.79 Å². The second-order valence-electron chi connectivity index (χ2n) is 2.94. The third kappa shape index (κ3) is 2.10. The van der Waals surface area contributed by atoms with Crippen LogP contribution < -0.4 is 5.73 Å². The van der Waals surface area contributed by atoms with Crippen molar-refractivity contribution in [1.29, 1.82) is 0 Å². The van der Waals surface area contributed by atoms with E-state index in [1.807, 2.05) is 13.0 Å². The predicted molar refractivity (Wildman–Crippen MR) is 57.9 cm³/mol. The number of anilines is 1. The fourth-order valence-corrected chi connectivity index (χ4v) is 1.84. The van der Waals surface area contributed by atoms with E-state index in [2.05, 4.69) is 15.9 Å². The van der Waals surface area contributed by atoms with Crippen molar-refractivity contribution in [3.8, 4) is 0 Å².